The first kappa shape index (κ1) is 13.5. The van der Waals surface area contributed by atoms with Crippen molar-refractivity contribution in [2.24, 2.45) is 0 Å². The monoisotopic (exact) mass is 277 g/mol. The van der Waals surface area contributed by atoms with Gasteiger partial charge in [-0.15, -0.1) is 11.3 Å². The topological polar surface area (TPSA) is 75.1 Å². The largest absolute Gasteiger partial charge is 0.478 e. The normalized spacial score (nSPS) is 12.1. The van der Waals surface area contributed by atoms with E-state index in [-0.39, 0.29) is 11.6 Å². The molecule has 0 fully saturated rings. The van der Waals surface area contributed by atoms with E-state index in [1.807, 2.05) is 11.4 Å². The molecular formula is C13H15N3O2S. The Morgan fingerprint density at radius 1 is 1.58 bits per heavy atom. The quantitative estimate of drug-likeness (QED) is 0.878. The lowest BCUT2D eigenvalue weighted by Gasteiger charge is -2.15. The van der Waals surface area contributed by atoms with Crippen molar-refractivity contribution >= 4 is 23.3 Å². The molecule has 5 nitrogen and oxygen atoms in total. The average Bonchev–Trinajstić information content (AvgIpc) is 2.89. The maximum absolute atomic E-state index is 10.9. The molecule has 2 rings (SSSR count). The van der Waals surface area contributed by atoms with Gasteiger partial charge in [-0.1, -0.05) is 13.0 Å². The number of aryl methyl sites for hydroxylation is 1. The number of hydrogen-bond donors (Lipinski definition) is 2. The van der Waals surface area contributed by atoms with Crippen molar-refractivity contribution in [1.82, 2.24) is 9.97 Å². The molecule has 0 saturated heterocycles. The fourth-order valence-corrected chi connectivity index (χ4v) is 2.63. The lowest BCUT2D eigenvalue weighted by atomic mass is 10.2. The van der Waals surface area contributed by atoms with Crippen LogP contribution < -0.4 is 5.32 Å². The smallest absolute Gasteiger partial charge is 0.339 e. The summed E-state index contributed by atoms with van der Waals surface area (Å²) in [4.78, 5) is 20.4. The number of carboxylic acid groups (broad SMARTS) is 1. The first-order valence-corrected chi connectivity index (χ1v) is 6.86. The summed E-state index contributed by atoms with van der Waals surface area (Å²) in [6, 6.07) is 4.21. The van der Waals surface area contributed by atoms with Crippen molar-refractivity contribution in [2.75, 3.05) is 5.32 Å². The molecule has 2 aromatic rings. The van der Waals surface area contributed by atoms with Gasteiger partial charge in [0.05, 0.1) is 17.3 Å². The number of aromatic nitrogens is 2. The van der Waals surface area contributed by atoms with Gasteiger partial charge in [0.1, 0.15) is 0 Å². The Kier molecular flexibility index (Phi) is 4.11. The molecule has 0 aliphatic heterocycles. The summed E-state index contributed by atoms with van der Waals surface area (Å²) in [5, 5.41) is 14.2. The Morgan fingerprint density at radius 2 is 2.37 bits per heavy atom. The number of nitrogens with one attached hydrogen (secondary N) is 1. The molecule has 2 N–H and O–H groups in total. The van der Waals surface area contributed by atoms with Crippen LogP contribution in [-0.4, -0.2) is 21.0 Å². The van der Waals surface area contributed by atoms with Gasteiger partial charge in [-0.05, 0) is 24.8 Å². The van der Waals surface area contributed by atoms with Crippen LogP contribution in [0.4, 0.5) is 5.95 Å². The van der Waals surface area contributed by atoms with Gasteiger partial charge in [-0.3, -0.25) is 0 Å². The zero-order chi connectivity index (χ0) is 13.8. The molecule has 0 aromatic carbocycles. The molecule has 1 unspecified atom stereocenters. The lowest BCUT2D eigenvalue weighted by molar-refractivity contribution is 0.0695. The highest BCUT2D eigenvalue weighted by Crippen LogP contribution is 2.24. The summed E-state index contributed by atoms with van der Waals surface area (Å²) >= 11 is 1.67. The van der Waals surface area contributed by atoms with Gasteiger partial charge in [0.2, 0.25) is 5.95 Å². The van der Waals surface area contributed by atoms with E-state index in [1.54, 1.807) is 18.3 Å². The van der Waals surface area contributed by atoms with Crippen molar-refractivity contribution < 1.29 is 9.90 Å². The fourth-order valence-electron chi connectivity index (χ4n) is 1.77. The van der Waals surface area contributed by atoms with Crippen LogP contribution in [0.5, 0.6) is 0 Å². The first-order valence-electron chi connectivity index (χ1n) is 5.98. The number of carboxylic acids is 1. The predicted molar refractivity (Wildman–Crippen MR) is 74.7 cm³/mol. The summed E-state index contributed by atoms with van der Waals surface area (Å²) in [5.41, 5.74) is 0.598. The van der Waals surface area contributed by atoms with E-state index in [1.165, 1.54) is 11.1 Å². The molecule has 0 bridgehead atoms. The minimum Gasteiger partial charge on any atom is -0.478 e. The Balaban J connectivity index is 2.19. The first-order chi connectivity index (χ1) is 9.11. The molecule has 2 heterocycles. The summed E-state index contributed by atoms with van der Waals surface area (Å²) in [5.74, 6) is -0.544. The molecule has 1 atom stereocenters. The standard InChI is InChI=1S/C13H15N3O2S/c1-3-10(11-5-4-6-19-11)16-13-14-7-9(12(17)18)8(2)15-13/h4-7,10H,3H2,1-2H3,(H,17,18)(H,14,15,16). The zero-order valence-electron chi connectivity index (χ0n) is 10.8. The van der Waals surface area contributed by atoms with Gasteiger partial charge in [0, 0.05) is 11.1 Å². The average molecular weight is 277 g/mol. The molecule has 0 radical (unpaired) electrons. The van der Waals surface area contributed by atoms with E-state index in [4.69, 9.17) is 5.11 Å². The lowest BCUT2D eigenvalue weighted by Crippen LogP contribution is -2.13. The fraction of sp³-hybridized carbons (Fsp3) is 0.308. The second-order valence-electron chi connectivity index (χ2n) is 4.12. The molecule has 100 valence electrons. The van der Waals surface area contributed by atoms with Gasteiger partial charge in [0.15, 0.2) is 0 Å². The third kappa shape index (κ3) is 3.08. The number of hydrogen-bond acceptors (Lipinski definition) is 5. The number of anilines is 1. The van der Waals surface area contributed by atoms with Crippen LogP contribution in [0.15, 0.2) is 23.7 Å². The molecule has 0 aliphatic rings. The minimum absolute atomic E-state index is 0.134. The van der Waals surface area contributed by atoms with Gasteiger partial charge in [-0.2, -0.15) is 0 Å². The van der Waals surface area contributed by atoms with Crippen LogP contribution in [0.3, 0.4) is 0 Å². The minimum atomic E-state index is -1.01. The van der Waals surface area contributed by atoms with Crippen molar-refractivity contribution in [3.8, 4) is 0 Å². The summed E-state index contributed by atoms with van der Waals surface area (Å²) in [6.07, 6.45) is 2.25. The number of thiophene rings is 1. The highest BCUT2D eigenvalue weighted by Gasteiger charge is 2.14. The summed E-state index contributed by atoms with van der Waals surface area (Å²) in [7, 11) is 0. The molecule has 0 spiro atoms. The Labute approximate surface area is 115 Å². The molecule has 2 aromatic heterocycles. The summed E-state index contributed by atoms with van der Waals surface area (Å²) in [6.45, 7) is 3.75. The summed E-state index contributed by atoms with van der Waals surface area (Å²) < 4.78 is 0. The van der Waals surface area contributed by atoms with Crippen molar-refractivity contribution in [3.63, 3.8) is 0 Å². The van der Waals surface area contributed by atoms with Crippen LogP contribution in [-0.2, 0) is 0 Å². The molecule has 0 aliphatic carbocycles. The van der Waals surface area contributed by atoms with Gasteiger partial charge < -0.3 is 10.4 Å². The van der Waals surface area contributed by atoms with Crippen molar-refractivity contribution in [2.45, 2.75) is 26.3 Å². The van der Waals surface area contributed by atoms with E-state index in [9.17, 15) is 4.79 Å². The van der Waals surface area contributed by atoms with E-state index < -0.39 is 5.97 Å². The Hall–Kier alpha value is -1.95. The van der Waals surface area contributed by atoms with Crippen LogP contribution in [0.2, 0.25) is 0 Å². The highest BCUT2D eigenvalue weighted by atomic mass is 32.1. The van der Waals surface area contributed by atoms with Crippen molar-refractivity contribution in [1.29, 1.82) is 0 Å². The Bertz CT molecular complexity index is 569. The molecular weight excluding hydrogens is 262 g/mol. The van der Waals surface area contributed by atoms with E-state index in [2.05, 4.69) is 28.3 Å². The molecule has 19 heavy (non-hydrogen) atoms. The second kappa shape index (κ2) is 5.79. The van der Waals surface area contributed by atoms with Gasteiger partial charge in [0.25, 0.3) is 0 Å². The van der Waals surface area contributed by atoms with Crippen molar-refractivity contribution in [3.05, 3.63) is 39.8 Å². The Morgan fingerprint density at radius 3 is 2.89 bits per heavy atom. The van der Waals surface area contributed by atoms with E-state index in [0.29, 0.717) is 11.6 Å². The third-order valence-electron chi connectivity index (χ3n) is 2.81. The van der Waals surface area contributed by atoms with Crippen LogP contribution in [0.25, 0.3) is 0 Å². The number of rotatable bonds is 5. The predicted octanol–water partition coefficient (Wildman–Crippen LogP) is 3.11. The maximum atomic E-state index is 10.9. The van der Waals surface area contributed by atoms with Crippen LogP contribution >= 0.6 is 11.3 Å². The van der Waals surface area contributed by atoms with Gasteiger partial charge in [-0.25, -0.2) is 14.8 Å². The van der Waals surface area contributed by atoms with Crippen LogP contribution in [0, 0.1) is 6.92 Å². The highest BCUT2D eigenvalue weighted by molar-refractivity contribution is 7.10. The third-order valence-corrected chi connectivity index (χ3v) is 3.79. The van der Waals surface area contributed by atoms with E-state index in [0.717, 1.165) is 6.42 Å². The van der Waals surface area contributed by atoms with Gasteiger partial charge >= 0.3 is 5.97 Å². The van der Waals surface area contributed by atoms with Crippen LogP contribution in [0.1, 0.15) is 40.3 Å². The number of aromatic carboxylic acids is 1. The maximum Gasteiger partial charge on any atom is 0.339 e. The number of carbonyl (C=O) groups is 1. The van der Waals surface area contributed by atoms with E-state index >= 15 is 0 Å². The molecule has 6 heteroatoms. The zero-order valence-corrected chi connectivity index (χ0v) is 11.6. The molecule has 0 saturated carbocycles. The second-order valence-corrected chi connectivity index (χ2v) is 5.10. The number of nitrogens with zero attached hydrogens (tertiary/aromatic N) is 2. The molecule has 0 amide bonds. The SMILES string of the molecule is CCC(Nc1ncc(C(=O)O)c(C)n1)c1cccs1.